The van der Waals surface area contributed by atoms with E-state index < -0.39 is 11.8 Å². The molecular formula is C18H15ClN2O2. The molecule has 23 heavy (non-hydrogen) atoms. The third-order valence-electron chi connectivity index (χ3n) is 2.98. The lowest BCUT2D eigenvalue weighted by Crippen LogP contribution is -2.31. The number of amides is 2. The zero-order valence-electron chi connectivity index (χ0n) is 12.2. The Morgan fingerprint density at radius 2 is 1.65 bits per heavy atom. The Bertz CT molecular complexity index is 768. The highest BCUT2D eigenvalue weighted by Gasteiger charge is 2.13. The number of primary amides is 1. The largest absolute Gasteiger partial charge is 0.364 e. The molecule has 116 valence electrons. The minimum atomic E-state index is -0.733. The summed E-state index contributed by atoms with van der Waals surface area (Å²) in [5, 5.41) is 2.77. The average Bonchev–Trinajstić information content (AvgIpc) is 2.55. The molecule has 0 unspecified atom stereocenters. The number of halogens is 1. The Hall–Kier alpha value is -2.85. The summed E-state index contributed by atoms with van der Waals surface area (Å²) in [6, 6.07) is 16.1. The highest BCUT2D eigenvalue weighted by Crippen LogP contribution is 2.15. The third-order valence-corrected chi connectivity index (χ3v) is 3.31. The zero-order valence-corrected chi connectivity index (χ0v) is 13.0. The Morgan fingerprint density at radius 3 is 2.30 bits per heavy atom. The molecule has 2 rings (SSSR count). The van der Waals surface area contributed by atoms with Crippen molar-refractivity contribution in [1.29, 1.82) is 0 Å². The first-order chi connectivity index (χ1) is 11.1. The summed E-state index contributed by atoms with van der Waals surface area (Å²) >= 11 is 5.96. The molecule has 0 bridgehead atoms. The van der Waals surface area contributed by atoms with Crippen LogP contribution in [0.2, 0.25) is 5.02 Å². The maximum Gasteiger partial charge on any atom is 0.265 e. The molecule has 0 aliphatic carbocycles. The van der Waals surface area contributed by atoms with Crippen LogP contribution in [0.1, 0.15) is 15.9 Å². The van der Waals surface area contributed by atoms with Gasteiger partial charge >= 0.3 is 0 Å². The zero-order chi connectivity index (χ0) is 16.7. The van der Waals surface area contributed by atoms with Crippen molar-refractivity contribution < 1.29 is 9.59 Å². The standard InChI is InChI=1S/C18H15ClN2O2/c19-15-11-5-4-10-14(15)18(23)21-16(17(20)22)12-6-9-13-7-2-1-3-8-13/h1-12H,(H2,20,22)(H,21,23). The second-order valence-electron chi connectivity index (χ2n) is 4.65. The summed E-state index contributed by atoms with van der Waals surface area (Å²) in [7, 11) is 0. The molecule has 4 nitrogen and oxygen atoms in total. The Balaban J connectivity index is 2.14. The lowest BCUT2D eigenvalue weighted by molar-refractivity contribution is -0.114. The molecule has 0 saturated carbocycles. The topological polar surface area (TPSA) is 72.2 Å². The second kappa shape index (κ2) is 7.96. The summed E-state index contributed by atoms with van der Waals surface area (Å²) in [5.41, 5.74) is 6.51. The lowest BCUT2D eigenvalue weighted by atomic mass is 10.2. The number of carbonyl (C=O) groups excluding carboxylic acids is 2. The van der Waals surface area contributed by atoms with Crippen LogP contribution in [-0.2, 0) is 4.79 Å². The molecule has 0 radical (unpaired) electrons. The van der Waals surface area contributed by atoms with Gasteiger partial charge in [-0.2, -0.15) is 0 Å². The van der Waals surface area contributed by atoms with Crippen molar-refractivity contribution in [3.63, 3.8) is 0 Å². The van der Waals surface area contributed by atoms with E-state index in [1.165, 1.54) is 6.08 Å². The quantitative estimate of drug-likeness (QED) is 0.654. The summed E-state index contributed by atoms with van der Waals surface area (Å²) in [5.74, 6) is -1.23. The van der Waals surface area contributed by atoms with Gasteiger partial charge in [-0.05, 0) is 23.8 Å². The molecule has 0 aliphatic rings. The van der Waals surface area contributed by atoms with Crippen LogP contribution >= 0.6 is 11.6 Å². The van der Waals surface area contributed by atoms with E-state index in [4.69, 9.17) is 17.3 Å². The number of allylic oxidation sites excluding steroid dienone is 2. The molecule has 2 aromatic carbocycles. The van der Waals surface area contributed by atoms with Crippen molar-refractivity contribution >= 4 is 29.5 Å². The molecule has 0 aliphatic heterocycles. The molecule has 3 N–H and O–H groups in total. The Morgan fingerprint density at radius 1 is 1.00 bits per heavy atom. The number of nitrogens with two attached hydrogens (primary N) is 1. The van der Waals surface area contributed by atoms with Crippen molar-refractivity contribution in [2.75, 3.05) is 0 Å². The van der Waals surface area contributed by atoms with Crippen LogP contribution < -0.4 is 11.1 Å². The van der Waals surface area contributed by atoms with Gasteiger partial charge in [0.2, 0.25) is 0 Å². The van der Waals surface area contributed by atoms with Crippen LogP contribution in [-0.4, -0.2) is 11.8 Å². The van der Waals surface area contributed by atoms with Crippen molar-refractivity contribution in [2.45, 2.75) is 0 Å². The molecule has 0 spiro atoms. The number of benzene rings is 2. The minimum absolute atomic E-state index is 0.0119. The van der Waals surface area contributed by atoms with Gasteiger partial charge in [-0.3, -0.25) is 9.59 Å². The minimum Gasteiger partial charge on any atom is -0.364 e. The van der Waals surface area contributed by atoms with Gasteiger partial charge in [0.1, 0.15) is 5.70 Å². The van der Waals surface area contributed by atoms with Crippen LogP contribution in [0.25, 0.3) is 6.08 Å². The molecule has 2 amide bonds. The van der Waals surface area contributed by atoms with E-state index >= 15 is 0 Å². The SMILES string of the molecule is NC(=O)C(=CC=Cc1ccccc1)NC(=O)c1ccccc1Cl. The molecule has 2 aromatic rings. The molecule has 5 heteroatoms. The van der Waals surface area contributed by atoms with E-state index in [1.807, 2.05) is 30.3 Å². The third kappa shape index (κ3) is 4.83. The van der Waals surface area contributed by atoms with Crippen molar-refractivity contribution in [3.8, 4) is 0 Å². The van der Waals surface area contributed by atoms with E-state index in [9.17, 15) is 9.59 Å². The fourth-order valence-corrected chi connectivity index (χ4v) is 2.06. The number of rotatable bonds is 5. The van der Waals surface area contributed by atoms with E-state index in [-0.39, 0.29) is 11.3 Å². The lowest BCUT2D eigenvalue weighted by Gasteiger charge is -2.07. The van der Waals surface area contributed by atoms with Crippen LogP contribution in [0.3, 0.4) is 0 Å². The van der Waals surface area contributed by atoms with E-state index in [0.717, 1.165) is 5.56 Å². The first-order valence-electron chi connectivity index (χ1n) is 6.87. The van der Waals surface area contributed by atoms with Crippen LogP contribution in [0, 0.1) is 0 Å². The molecule has 0 fully saturated rings. The van der Waals surface area contributed by atoms with Gasteiger partial charge in [0.05, 0.1) is 10.6 Å². The van der Waals surface area contributed by atoms with Gasteiger partial charge in [-0.25, -0.2) is 0 Å². The number of nitrogens with one attached hydrogen (secondary N) is 1. The van der Waals surface area contributed by atoms with Crippen LogP contribution in [0.4, 0.5) is 0 Å². The van der Waals surface area contributed by atoms with Crippen molar-refractivity contribution in [3.05, 3.63) is 88.6 Å². The number of hydrogen-bond donors (Lipinski definition) is 2. The van der Waals surface area contributed by atoms with Gasteiger partial charge < -0.3 is 11.1 Å². The number of carbonyl (C=O) groups is 2. The first-order valence-corrected chi connectivity index (χ1v) is 7.25. The average molecular weight is 327 g/mol. The van der Waals surface area contributed by atoms with Gasteiger partial charge in [-0.15, -0.1) is 0 Å². The predicted molar refractivity (Wildman–Crippen MR) is 91.7 cm³/mol. The summed E-state index contributed by atoms with van der Waals surface area (Å²) in [4.78, 5) is 23.6. The normalized spacial score (nSPS) is 11.4. The van der Waals surface area contributed by atoms with Gasteiger partial charge in [0, 0.05) is 0 Å². The fraction of sp³-hybridized carbons (Fsp3) is 0. The predicted octanol–water partition coefficient (Wildman–Crippen LogP) is 3.15. The van der Waals surface area contributed by atoms with Crippen molar-refractivity contribution in [1.82, 2.24) is 5.32 Å². The molecule has 0 aromatic heterocycles. The van der Waals surface area contributed by atoms with Gasteiger partial charge in [0.25, 0.3) is 11.8 Å². The highest BCUT2D eigenvalue weighted by atomic mass is 35.5. The van der Waals surface area contributed by atoms with Crippen LogP contribution in [0.15, 0.2) is 72.4 Å². The maximum atomic E-state index is 12.1. The summed E-state index contributed by atoms with van der Waals surface area (Å²) in [6.07, 6.45) is 4.89. The smallest absolute Gasteiger partial charge is 0.265 e. The summed E-state index contributed by atoms with van der Waals surface area (Å²) < 4.78 is 0. The van der Waals surface area contributed by atoms with Crippen molar-refractivity contribution in [2.24, 2.45) is 5.73 Å². The van der Waals surface area contributed by atoms with Gasteiger partial charge in [0.15, 0.2) is 0 Å². The monoisotopic (exact) mass is 326 g/mol. The molecule has 0 saturated heterocycles. The number of hydrogen-bond acceptors (Lipinski definition) is 2. The Labute approximate surface area is 139 Å². The summed E-state index contributed by atoms with van der Waals surface area (Å²) in [6.45, 7) is 0. The van der Waals surface area contributed by atoms with E-state index in [1.54, 1.807) is 36.4 Å². The van der Waals surface area contributed by atoms with Gasteiger partial charge in [-0.1, -0.05) is 66.2 Å². The van der Waals surface area contributed by atoms with E-state index in [2.05, 4.69) is 5.32 Å². The van der Waals surface area contributed by atoms with Crippen LogP contribution in [0.5, 0.6) is 0 Å². The highest BCUT2D eigenvalue weighted by molar-refractivity contribution is 6.34. The molecule has 0 heterocycles. The Kier molecular flexibility index (Phi) is 5.72. The maximum absolute atomic E-state index is 12.1. The fourth-order valence-electron chi connectivity index (χ4n) is 1.84. The molecular weight excluding hydrogens is 312 g/mol. The second-order valence-corrected chi connectivity index (χ2v) is 5.06. The first kappa shape index (κ1) is 16.5. The molecule has 0 atom stereocenters. The van der Waals surface area contributed by atoms with E-state index in [0.29, 0.717) is 5.02 Å².